The summed E-state index contributed by atoms with van der Waals surface area (Å²) in [4.78, 5) is 13.2. The van der Waals surface area contributed by atoms with Crippen LogP contribution in [0.2, 0.25) is 10.0 Å². The molecule has 1 N–H and O–H groups in total. The first-order chi connectivity index (χ1) is 15.6. The lowest BCUT2D eigenvalue weighted by Crippen LogP contribution is -2.03. The van der Waals surface area contributed by atoms with Gasteiger partial charge in [-0.1, -0.05) is 35.3 Å². The number of aliphatic imine (C=N–C) groups is 1. The number of halogens is 2. The normalized spacial score (nSPS) is 13.0. The van der Waals surface area contributed by atoms with Crippen LogP contribution in [-0.4, -0.2) is 29.0 Å². The predicted molar refractivity (Wildman–Crippen MR) is 128 cm³/mol. The average molecular weight is 465 g/mol. The van der Waals surface area contributed by atoms with Gasteiger partial charge in [0.2, 0.25) is 0 Å². The molecule has 1 aromatic heterocycles. The number of hydrogen-bond acceptors (Lipinski definition) is 6. The van der Waals surface area contributed by atoms with Gasteiger partial charge in [0, 0.05) is 22.5 Å². The minimum absolute atomic E-state index is 0.463. The summed E-state index contributed by atoms with van der Waals surface area (Å²) in [5.74, 6) is 2.60. The van der Waals surface area contributed by atoms with E-state index in [1.54, 1.807) is 24.3 Å². The maximum atomic E-state index is 6.47. The molecule has 0 saturated heterocycles. The zero-order valence-corrected chi connectivity index (χ0v) is 18.4. The van der Waals surface area contributed by atoms with Crippen LogP contribution < -0.4 is 10.1 Å². The summed E-state index contributed by atoms with van der Waals surface area (Å²) < 4.78 is 11.4. The highest BCUT2D eigenvalue weighted by Gasteiger charge is 2.12. The summed E-state index contributed by atoms with van der Waals surface area (Å²) >= 11 is 12.5. The zero-order chi connectivity index (χ0) is 21.9. The molecule has 6 nitrogen and oxygen atoms in total. The fourth-order valence-electron chi connectivity index (χ4n) is 3.43. The molecule has 0 amide bonds. The lowest BCUT2D eigenvalue weighted by molar-refractivity contribution is 0.341. The van der Waals surface area contributed by atoms with Gasteiger partial charge in [-0.05, 0) is 54.1 Å². The summed E-state index contributed by atoms with van der Waals surface area (Å²) in [6.45, 7) is 1.37. The molecule has 0 unspecified atom stereocenters. The maximum Gasteiger partial charge on any atom is 0.187 e. The molecular weight excluding hydrogens is 447 g/mol. The molecule has 4 aromatic rings. The van der Waals surface area contributed by atoms with Gasteiger partial charge in [-0.15, -0.1) is 0 Å². The molecule has 8 heteroatoms. The summed E-state index contributed by atoms with van der Waals surface area (Å²) in [5.41, 5.74) is 2.70. The Morgan fingerprint density at radius 2 is 1.94 bits per heavy atom. The van der Waals surface area contributed by atoms with E-state index >= 15 is 0 Å². The van der Waals surface area contributed by atoms with Crippen LogP contribution in [0, 0.1) is 0 Å². The second-order valence-corrected chi connectivity index (χ2v) is 8.05. The highest BCUT2D eigenvalue weighted by Crippen LogP contribution is 2.34. The smallest absolute Gasteiger partial charge is 0.187 e. The predicted octanol–water partition coefficient (Wildman–Crippen LogP) is 6.44. The molecule has 160 valence electrons. The highest BCUT2D eigenvalue weighted by molar-refractivity contribution is 6.32. The van der Waals surface area contributed by atoms with Gasteiger partial charge in [-0.3, -0.25) is 4.99 Å². The van der Waals surface area contributed by atoms with Crippen molar-refractivity contribution in [3.05, 3.63) is 82.6 Å². The van der Waals surface area contributed by atoms with Gasteiger partial charge in [0.1, 0.15) is 30.3 Å². The Kier molecular flexibility index (Phi) is 5.79. The van der Waals surface area contributed by atoms with E-state index in [0.29, 0.717) is 40.4 Å². The molecule has 0 radical (unpaired) electrons. The van der Waals surface area contributed by atoms with Gasteiger partial charge >= 0.3 is 0 Å². The van der Waals surface area contributed by atoms with Gasteiger partial charge in [0.15, 0.2) is 5.90 Å². The fourth-order valence-corrected chi connectivity index (χ4v) is 3.83. The number of ether oxygens (including phenoxy) is 2. The first-order valence-electron chi connectivity index (χ1n) is 10.0. The third-order valence-corrected chi connectivity index (χ3v) is 5.45. The third-order valence-electron chi connectivity index (χ3n) is 4.92. The van der Waals surface area contributed by atoms with Crippen LogP contribution in [0.5, 0.6) is 11.5 Å². The lowest BCUT2D eigenvalue weighted by Gasteiger charge is -2.12. The van der Waals surface area contributed by atoms with Crippen LogP contribution in [-0.2, 0) is 11.2 Å². The van der Waals surface area contributed by atoms with Crippen LogP contribution in [0.25, 0.3) is 10.9 Å². The van der Waals surface area contributed by atoms with Crippen LogP contribution >= 0.6 is 23.2 Å². The largest absolute Gasteiger partial charge is 0.479 e. The number of anilines is 2. The first-order valence-corrected chi connectivity index (χ1v) is 10.8. The quantitative estimate of drug-likeness (QED) is 0.355. The van der Waals surface area contributed by atoms with Gasteiger partial charge in [0.05, 0.1) is 17.1 Å². The SMILES string of the molecule is Clc1cccc(Oc2ccc(Nc3ncnc4ccc(CC5=NCCO5)cc34)cc2Cl)c1. The maximum absolute atomic E-state index is 6.47. The van der Waals surface area contributed by atoms with Crippen LogP contribution in [0.1, 0.15) is 5.56 Å². The Balaban J connectivity index is 1.39. The zero-order valence-electron chi connectivity index (χ0n) is 16.9. The number of nitrogens with zero attached hydrogens (tertiary/aromatic N) is 3. The van der Waals surface area contributed by atoms with Crippen LogP contribution in [0.4, 0.5) is 11.5 Å². The monoisotopic (exact) mass is 464 g/mol. The Bertz CT molecular complexity index is 1330. The fraction of sp³-hybridized carbons (Fsp3) is 0.125. The molecule has 5 rings (SSSR count). The van der Waals surface area contributed by atoms with Gasteiger partial charge < -0.3 is 14.8 Å². The van der Waals surface area contributed by atoms with Crippen molar-refractivity contribution in [2.45, 2.75) is 6.42 Å². The molecule has 2 heterocycles. The summed E-state index contributed by atoms with van der Waals surface area (Å²) in [7, 11) is 0. The molecule has 3 aromatic carbocycles. The first kappa shape index (κ1) is 20.5. The Morgan fingerprint density at radius 3 is 2.75 bits per heavy atom. The van der Waals surface area contributed by atoms with Crippen molar-refractivity contribution in [1.82, 2.24) is 9.97 Å². The van der Waals surface area contributed by atoms with Crippen molar-refractivity contribution < 1.29 is 9.47 Å². The Labute approximate surface area is 194 Å². The van der Waals surface area contributed by atoms with Gasteiger partial charge in [-0.25, -0.2) is 9.97 Å². The van der Waals surface area contributed by atoms with Crippen molar-refractivity contribution in [3.63, 3.8) is 0 Å². The lowest BCUT2D eigenvalue weighted by atomic mass is 10.1. The van der Waals surface area contributed by atoms with Crippen molar-refractivity contribution in [2.24, 2.45) is 4.99 Å². The summed E-state index contributed by atoms with van der Waals surface area (Å²) in [6.07, 6.45) is 2.18. The number of fused-ring (bicyclic) bond motifs is 1. The molecule has 1 aliphatic heterocycles. The van der Waals surface area contributed by atoms with E-state index in [1.165, 1.54) is 6.33 Å². The molecule has 0 fully saturated rings. The van der Waals surface area contributed by atoms with E-state index < -0.39 is 0 Å². The van der Waals surface area contributed by atoms with Crippen molar-refractivity contribution in [2.75, 3.05) is 18.5 Å². The van der Waals surface area contributed by atoms with Crippen molar-refractivity contribution >= 4 is 51.5 Å². The van der Waals surface area contributed by atoms with Crippen LogP contribution in [0.15, 0.2) is 72.0 Å². The number of rotatable bonds is 6. The van der Waals surface area contributed by atoms with E-state index in [9.17, 15) is 0 Å². The molecule has 1 aliphatic rings. The summed E-state index contributed by atoms with van der Waals surface area (Å²) in [5, 5.41) is 5.30. The molecule has 0 saturated carbocycles. The van der Waals surface area contributed by atoms with Crippen molar-refractivity contribution in [3.8, 4) is 11.5 Å². The second-order valence-electron chi connectivity index (χ2n) is 7.20. The number of benzene rings is 3. The van der Waals surface area contributed by atoms with Crippen molar-refractivity contribution in [1.29, 1.82) is 0 Å². The molecule has 0 aliphatic carbocycles. The van der Waals surface area contributed by atoms with E-state index in [4.69, 9.17) is 32.7 Å². The third kappa shape index (κ3) is 4.61. The van der Waals surface area contributed by atoms with Crippen LogP contribution in [0.3, 0.4) is 0 Å². The van der Waals surface area contributed by atoms with E-state index in [2.05, 4.69) is 26.3 Å². The van der Waals surface area contributed by atoms with E-state index in [0.717, 1.165) is 34.6 Å². The standard InChI is InChI=1S/C24H18Cl2N4O2/c25-16-2-1-3-18(12-16)32-22-7-5-17(13-20(22)26)30-24-19-10-15(11-23-27-8-9-31-23)4-6-21(19)28-14-29-24/h1-7,10,12-14H,8-9,11H2,(H,28,29,30). The molecule has 0 spiro atoms. The summed E-state index contributed by atoms with van der Waals surface area (Å²) in [6, 6.07) is 18.7. The van der Waals surface area contributed by atoms with E-state index in [-0.39, 0.29) is 0 Å². The molecule has 0 bridgehead atoms. The topological polar surface area (TPSA) is 68.6 Å². The molecular formula is C24H18Cl2N4O2. The Morgan fingerprint density at radius 1 is 1.00 bits per heavy atom. The number of nitrogens with one attached hydrogen (secondary N) is 1. The van der Waals surface area contributed by atoms with Gasteiger partial charge in [0.25, 0.3) is 0 Å². The molecule has 32 heavy (non-hydrogen) atoms. The van der Waals surface area contributed by atoms with E-state index in [1.807, 2.05) is 30.3 Å². The number of hydrogen-bond donors (Lipinski definition) is 1. The number of aromatic nitrogens is 2. The van der Waals surface area contributed by atoms with Gasteiger partial charge in [-0.2, -0.15) is 0 Å². The minimum atomic E-state index is 0.463. The Hall–Kier alpha value is -3.35. The minimum Gasteiger partial charge on any atom is -0.479 e. The average Bonchev–Trinajstić information content (AvgIpc) is 3.29. The second kappa shape index (κ2) is 9.02. The highest BCUT2D eigenvalue weighted by atomic mass is 35.5. The molecule has 0 atom stereocenters.